The summed E-state index contributed by atoms with van der Waals surface area (Å²) in [5, 5.41) is 17.3. The molecule has 0 aliphatic rings. The Labute approximate surface area is 244 Å². The summed E-state index contributed by atoms with van der Waals surface area (Å²) >= 11 is 0. The van der Waals surface area contributed by atoms with Crippen molar-refractivity contribution >= 4 is 19.8 Å². The van der Waals surface area contributed by atoms with Crippen LogP contribution in [0.2, 0.25) is 0 Å². The van der Waals surface area contributed by atoms with Gasteiger partial charge < -0.3 is 20.0 Å². The van der Waals surface area contributed by atoms with Crippen LogP contribution in [-0.2, 0) is 18.7 Å². The number of hydrogen-bond acceptors (Lipinski definition) is 4. The zero-order chi connectivity index (χ0) is 29.7. The molecule has 0 aliphatic carbocycles. The zero-order valence-electron chi connectivity index (χ0n) is 25.2. The van der Waals surface area contributed by atoms with Gasteiger partial charge in [0.05, 0.1) is 6.61 Å². The van der Waals surface area contributed by atoms with Gasteiger partial charge in [0.25, 0.3) is 0 Å². The van der Waals surface area contributed by atoms with Crippen LogP contribution >= 0.6 is 7.82 Å². The number of carboxylic acid groups (broad SMARTS) is 2. The van der Waals surface area contributed by atoms with E-state index in [1.807, 2.05) is 0 Å². The molecule has 1 atom stereocenters. The maximum atomic E-state index is 11.2. The van der Waals surface area contributed by atoms with E-state index in [0.717, 1.165) is 77.0 Å². The molecular formula is C31H61O8P. The molecule has 0 heterocycles. The summed E-state index contributed by atoms with van der Waals surface area (Å²) in [4.78, 5) is 39.2. The van der Waals surface area contributed by atoms with E-state index in [-0.39, 0.29) is 18.9 Å². The average Bonchev–Trinajstić information content (AvgIpc) is 2.88. The van der Waals surface area contributed by atoms with Gasteiger partial charge in [0.1, 0.15) is 0 Å². The van der Waals surface area contributed by atoms with Crippen molar-refractivity contribution in [1.82, 2.24) is 0 Å². The molecule has 0 aromatic carbocycles. The second-order valence-electron chi connectivity index (χ2n) is 11.6. The lowest BCUT2D eigenvalue weighted by Gasteiger charge is -2.17. The average molecular weight is 593 g/mol. The van der Waals surface area contributed by atoms with E-state index in [2.05, 4.69) is 0 Å². The molecule has 0 rings (SSSR count). The van der Waals surface area contributed by atoms with Crippen molar-refractivity contribution in [3.8, 4) is 0 Å². The summed E-state index contributed by atoms with van der Waals surface area (Å²) in [6, 6.07) is 0. The fraction of sp³-hybridized carbons (Fsp3) is 0.935. The topological polar surface area (TPSA) is 141 Å². The van der Waals surface area contributed by atoms with Gasteiger partial charge in [-0.2, -0.15) is 0 Å². The fourth-order valence-electron chi connectivity index (χ4n) is 5.29. The molecule has 1 unspecified atom stereocenters. The van der Waals surface area contributed by atoms with Crippen LogP contribution in [0.15, 0.2) is 0 Å². The Kier molecular flexibility index (Phi) is 27.5. The quantitative estimate of drug-likeness (QED) is 0.0447. The number of phosphoric acid groups is 1. The number of aliphatic carboxylic acids is 2. The molecule has 238 valence electrons. The van der Waals surface area contributed by atoms with Gasteiger partial charge in [0, 0.05) is 12.8 Å². The van der Waals surface area contributed by atoms with Gasteiger partial charge in [-0.15, -0.1) is 0 Å². The normalized spacial score (nSPS) is 12.6. The van der Waals surface area contributed by atoms with E-state index >= 15 is 0 Å². The minimum Gasteiger partial charge on any atom is -0.481 e. The molecule has 4 N–H and O–H groups in total. The third kappa shape index (κ3) is 33.3. The van der Waals surface area contributed by atoms with E-state index in [0.29, 0.717) is 6.42 Å². The fourth-order valence-corrected chi connectivity index (χ4v) is 5.70. The van der Waals surface area contributed by atoms with E-state index in [4.69, 9.17) is 24.5 Å². The largest absolute Gasteiger partial charge is 0.481 e. The molecule has 0 fully saturated rings. The van der Waals surface area contributed by atoms with E-state index < -0.39 is 19.8 Å². The predicted molar refractivity (Wildman–Crippen MR) is 161 cm³/mol. The summed E-state index contributed by atoms with van der Waals surface area (Å²) in [7, 11) is -4.42. The molecule has 9 heteroatoms. The van der Waals surface area contributed by atoms with Crippen molar-refractivity contribution in [1.29, 1.82) is 0 Å². The molecule has 0 bridgehead atoms. The number of hydrogen-bond donors (Lipinski definition) is 4. The van der Waals surface area contributed by atoms with E-state index in [1.54, 1.807) is 0 Å². The monoisotopic (exact) mass is 592 g/mol. The Morgan fingerprint density at radius 2 is 0.725 bits per heavy atom. The summed E-state index contributed by atoms with van der Waals surface area (Å²) in [6.45, 7) is 0.146. The second kappa shape index (κ2) is 28.2. The van der Waals surface area contributed by atoms with Crippen LogP contribution in [0.25, 0.3) is 0 Å². The lowest BCUT2D eigenvalue weighted by molar-refractivity contribution is -0.138. The van der Waals surface area contributed by atoms with Crippen molar-refractivity contribution in [2.24, 2.45) is 5.92 Å². The van der Waals surface area contributed by atoms with Crippen LogP contribution in [0, 0.1) is 5.92 Å². The van der Waals surface area contributed by atoms with Gasteiger partial charge in [-0.3, -0.25) is 14.1 Å². The molecule has 8 nitrogen and oxygen atoms in total. The van der Waals surface area contributed by atoms with Gasteiger partial charge in [-0.05, 0) is 31.6 Å². The third-order valence-corrected chi connectivity index (χ3v) is 8.22. The number of carboxylic acids is 2. The van der Waals surface area contributed by atoms with Gasteiger partial charge in [0.2, 0.25) is 0 Å². The smallest absolute Gasteiger partial charge is 0.469 e. The van der Waals surface area contributed by atoms with Crippen LogP contribution in [-0.4, -0.2) is 38.5 Å². The highest BCUT2D eigenvalue weighted by Gasteiger charge is 2.18. The minimum absolute atomic E-state index is 0.146. The molecule has 0 aromatic rings. The lowest BCUT2D eigenvalue weighted by atomic mass is 9.94. The van der Waals surface area contributed by atoms with Crippen LogP contribution in [0.5, 0.6) is 0 Å². The minimum atomic E-state index is -4.42. The van der Waals surface area contributed by atoms with E-state index in [1.165, 1.54) is 83.5 Å². The predicted octanol–water partition coefficient (Wildman–Crippen LogP) is 9.41. The Morgan fingerprint density at radius 3 is 0.975 bits per heavy atom. The highest BCUT2D eigenvalue weighted by Crippen LogP contribution is 2.37. The molecule has 0 aromatic heterocycles. The Balaban J connectivity index is 3.71. The third-order valence-electron chi connectivity index (χ3n) is 7.73. The van der Waals surface area contributed by atoms with E-state index in [9.17, 15) is 14.2 Å². The van der Waals surface area contributed by atoms with Crippen LogP contribution < -0.4 is 0 Å². The number of carbonyl (C=O) groups is 2. The summed E-state index contributed by atoms with van der Waals surface area (Å²) < 4.78 is 16.0. The number of phosphoric ester groups is 1. The molecule has 0 radical (unpaired) electrons. The summed E-state index contributed by atoms with van der Waals surface area (Å²) in [6.07, 6.45) is 28.9. The maximum absolute atomic E-state index is 11.2. The van der Waals surface area contributed by atoms with Crippen molar-refractivity contribution in [2.45, 2.75) is 173 Å². The number of rotatable bonds is 32. The molecule has 0 amide bonds. The Hall–Kier alpha value is -0.950. The second-order valence-corrected chi connectivity index (χ2v) is 12.9. The van der Waals surface area contributed by atoms with Gasteiger partial charge >= 0.3 is 19.8 Å². The molecule has 0 aliphatic heterocycles. The lowest BCUT2D eigenvalue weighted by Crippen LogP contribution is -2.09. The van der Waals surface area contributed by atoms with Gasteiger partial charge in [0.15, 0.2) is 0 Å². The van der Waals surface area contributed by atoms with Crippen LogP contribution in [0.1, 0.15) is 173 Å². The first-order valence-electron chi connectivity index (χ1n) is 16.3. The first-order valence-corrected chi connectivity index (χ1v) is 17.9. The van der Waals surface area contributed by atoms with Crippen molar-refractivity contribution in [3.63, 3.8) is 0 Å². The maximum Gasteiger partial charge on any atom is 0.469 e. The molecule has 0 saturated heterocycles. The van der Waals surface area contributed by atoms with Crippen LogP contribution in [0.4, 0.5) is 0 Å². The van der Waals surface area contributed by atoms with Gasteiger partial charge in [-0.1, -0.05) is 135 Å². The van der Waals surface area contributed by atoms with Crippen molar-refractivity contribution in [2.75, 3.05) is 6.61 Å². The van der Waals surface area contributed by atoms with Crippen LogP contribution in [0.3, 0.4) is 0 Å². The Morgan fingerprint density at radius 1 is 0.475 bits per heavy atom. The highest BCUT2D eigenvalue weighted by molar-refractivity contribution is 7.46. The summed E-state index contributed by atoms with van der Waals surface area (Å²) in [5.41, 5.74) is 0. The number of unbranched alkanes of at least 4 members (excludes halogenated alkanes) is 21. The first-order chi connectivity index (χ1) is 19.2. The highest BCUT2D eigenvalue weighted by atomic mass is 31.2. The van der Waals surface area contributed by atoms with Crippen molar-refractivity contribution in [3.05, 3.63) is 0 Å². The first kappa shape index (κ1) is 39.0. The molecule has 0 saturated carbocycles. The SMILES string of the molecule is O=C(O)CCCCCCCCCCCCCCC(CCCCCCCCCCCCCC(=O)O)COP(=O)(O)O. The summed E-state index contributed by atoms with van der Waals surface area (Å²) in [5.74, 6) is -1.18. The molecular weight excluding hydrogens is 531 g/mol. The molecule has 40 heavy (non-hydrogen) atoms. The van der Waals surface area contributed by atoms with Crippen molar-refractivity contribution < 1.29 is 38.7 Å². The Bertz CT molecular complexity index is 637. The zero-order valence-corrected chi connectivity index (χ0v) is 26.1. The molecule has 0 spiro atoms. The van der Waals surface area contributed by atoms with Gasteiger partial charge in [-0.25, -0.2) is 4.57 Å². The standard InChI is InChI=1S/C31H61O8P/c32-30(33)26-22-18-14-10-6-2-1-4-8-12-16-20-24-29(28-39-40(36,37)38)25-21-17-13-9-5-3-7-11-15-19-23-27-31(34)35/h29H,1-28H2,(H,32,33)(H,34,35)(H2,36,37,38).